The highest BCUT2D eigenvalue weighted by atomic mass is 15.1. The quantitative estimate of drug-likeness (QED) is 0.169. The van der Waals surface area contributed by atoms with Crippen LogP contribution in [0.5, 0.6) is 0 Å². The van der Waals surface area contributed by atoms with Crippen LogP contribution in [-0.2, 0) is 0 Å². The van der Waals surface area contributed by atoms with Crippen molar-refractivity contribution in [2.45, 2.75) is 0 Å². The summed E-state index contributed by atoms with van der Waals surface area (Å²) in [4.78, 5) is 15.3. The number of hydrogen-bond donors (Lipinski definition) is 0. The molecule has 9 aromatic carbocycles. The van der Waals surface area contributed by atoms with Crippen LogP contribution >= 0.6 is 0 Å². The van der Waals surface area contributed by atoms with E-state index in [1.54, 1.807) is 0 Å². The lowest BCUT2D eigenvalue weighted by atomic mass is 9.92. The zero-order valence-corrected chi connectivity index (χ0v) is 32.4. The molecule has 3 aromatic heterocycles. The molecule has 0 spiro atoms. The Bertz CT molecular complexity index is 3530. The monoisotopic (exact) mass is 765 g/mol. The van der Waals surface area contributed by atoms with Gasteiger partial charge in [0.25, 0.3) is 0 Å². The van der Waals surface area contributed by atoms with Crippen molar-refractivity contribution in [1.29, 1.82) is 0 Å². The lowest BCUT2D eigenvalue weighted by molar-refractivity contribution is 1.06. The van der Waals surface area contributed by atoms with Crippen molar-refractivity contribution in [3.63, 3.8) is 0 Å². The van der Waals surface area contributed by atoms with Crippen molar-refractivity contribution >= 4 is 54.4 Å². The van der Waals surface area contributed by atoms with Gasteiger partial charge in [-0.3, -0.25) is 0 Å². The molecule has 12 rings (SSSR count). The standard InChI is InChI=1S/C55H35N5/c1-4-19-36(20-5-1)53-56-54(37-21-6-2-7-22-37)58-55(57-53)44-29-14-17-33-48(44)60-47-32-16-12-27-42(47)50-41(30-18-34-49(50)60)45-35-38-23-10-11-26-40(38)52-51(45)43-28-13-15-31-46(43)59(52)39-24-8-3-9-25-39/h1-35H. The molecule has 0 saturated carbocycles. The van der Waals surface area contributed by atoms with Crippen LogP contribution in [-0.4, -0.2) is 24.1 Å². The fourth-order valence-electron chi connectivity index (χ4n) is 9.18. The van der Waals surface area contributed by atoms with Gasteiger partial charge in [-0.1, -0.05) is 164 Å². The van der Waals surface area contributed by atoms with Gasteiger partial charge in [0.1, 0.15) is 0 Å². The molecule has 5 nitrogen and oxygen atoms in total. The van der Waals surface area contributed by atoms with Gasteiger partial charge < -0.3 is 9.13 Å². The summed E-state index contributed by atoms with van der Waals surface area (Å²) in [6.45, 7) is 0. The average Bonchev–Trinajstić information content (AvgIpc) is 3.86. The first-order valence-electron chi connectivity index (χ1n) is 20.3. The molecule has 0 amide bonds. The molecule has 0 aliphatic carbocycles. The second kappa shape index (κ2) is 13.8. The molecular weight excluding hydrogens is 731 g/mol. The van der Waals surface area contributed by atoms with Gasteiger partial charge in [-0.15, -0.1) is 0 Å². The normalized spacial score (nSPS) is 11.7. The summed E-state index contributed by atoms with van der Waals surface area (Å²) in [5.41, 5.74) is 11.9. The van der Waals surface area contributed by atoms with Crippen LogP contribution in [0, 0.1) is 0 Å². The minimum atomic E-state index is 0.616. The predicted molar refractivity (Wildman–Crippen MR) is 248 cm³/mol. The Labute approximate surface area is 346 Å². The van der Waals surface area contributed by atoms with E-state index in [0.717, 1.165) is 39.1 Å². The summed E-state index contributed by atoms with van der Waals surface area (Å²) >= 11 is 0. The van der Waals surface area contributed by atoms with Crippen LogP contribution in [0.2, 0.25) is 0 Å². The average molecular weight is 766 g/mol. The minimum Gasteiger partial charge on any atom is -0.309 e. The number of nitrogens with zero attached hydrogens (tertiary/aromatic N) is 5. The molecule has 12 aromatic rings. The van der Waals surface area contributed by atoms with Crippen molar-refractivity contribution < 1.29 is 0 Å². The summed E-state index contributed by atoms with van der Waals surface area (Å²) < 4.78 is 4.83. The van der Waals surface area contributed by atoms with Crippen LogP contribution in [0.1, 0.15) is 0 Å². The molecular formula is C55H35N5. The maximum absolute atomic E-state index is 5.18. The second-order valence-electron chi connectivity index (χ2n) is 15.2. The van der Waals surface area contributed by atoms with Crippen molar-refractivity contribution in [1.82, 2.24) is 24.1 Å². The smallest absolute Gasteiger partial charge is 0.166 e. The summed E-state index contributed by atoms with van der Waals surface area (Å²) in [6.07, 6.45) is 0. The van der Waals surface area contributed by atoms with Crippen molar-refractivity contribution in [2.75, 3.05) is 0 Å². The van der Waals surface area contributed by atoms with Crippen molar-refractivity contribution in [3.8, 4) is 56.7 Å². The van der Waals surface area contributed by atoms with Crippen LogP contribution in [0.3, 0.4) is 0 Å². The van der Waals surface area contributed by atoms with E-state index < -0.39 is 0 Å². The zero-order chi connectivity index (χ0) is 39.6. The topological polar surface area (TPSA) is 48.5 Å². The van der Waals surface area contributed by atoms with Gasteiger partial charge in [0.2, 0.25) is 0 Å². The maximum Gasteiger partial charge on any atom is 0.166 e. The highest BCUT2D eigenvalue weighted by Crippen LogP contribution is 2.47. The summed E-state index contributed by atoms with van der Waals surface area (Å²) in [7, 11) is 0. The van der Waals surface area contributed by atoms with Crippen LogP contribution in [0.25, 0.3) is 111 Å². The van der Waals surface area contributed by atoms with Crippen molar-refractivity contribution in [3.05, 3.63) is 212 Å². The number of rotatable bonds is 6. The molecule has 0 aliphatic rings. The number of fused-ring (bicyclic) bond motifs is 8. The molecule has 0 aliphatic heterocycles. The highest BCUT2D eigenvalue weighted by Gasteiger charge is 2.24. The summed E-state index contributed by atoms with van der Waals surface area (Å²) in [5.74, 6) is 1.88. The number of hydrogen-bond acceptors (Lipinski definition) is 3. The third-order valence-electron chi connectivity index (χ3n) is 11.7. The Morgan fingerprint density at radius 1 is 0.317 bits per heavy atom. The number of aromatic nitrogens is 5. The van der Waals surface area contributed by atoms with Gasteiger partial charge in [-0.25, -0.2) is 15.0 Å². The van der Waals surface area contributed by atoms with Gasteiger partial charge in [0.15, 0.2) is 17.5 Å². The van der Waals surface area contributed by atoms with E-state index >= 15 is 0 Å². The molecule has 0 unspecified atom stereocenters. The lowest BCUT2D eigenvalue weighted by Crippen LogP contribution is -2.03. The largest absolute Gasteiger partial charge is 0.309 e. The fourth-order valence-corrected chi connectivity index (χ4v) is 9.18. The highest BCUT2D eigenvalue weighted by molar-refractivity contribution is 6.27. The van der Waals surface area contributed by atoms with E-state index in [1.807, 2.05) is 36.4 Å². The molecule has 0 saturated heterocycles. The molecule has 5 heteroatoms. The van der Waals surface area contributed by atoms with Gasteiger partial charge in [-0.2, -0.15) is 0 Å². The van der Waals surface area contributed by atoms with E-state index in [4.69, 9.17) is 15.0 Å². The summed E-state index contributed by atoms with van der Waals surface area (Å²) in [6, 6.07) is 75.1. The van der Waals surface area contributed by atoms with Crippen LogP contribution in [0.4, 0.5) is 0 Å². The molecule has 0 bridgehead atoms. The first-order valence-corrected chi connectivity index (χ1v) is 20.3. The first kappa shape index (κ1) is 33.9. The van der Waals surface area contributed by atoms with E-state index in [2.05, 4.69) is 185 Å². The Balaban J connectivity index is 1.16. The van der Waals surface area contributed by atoms with Crippen LogP contribution < -0.4 is 0 Å². The summed E-state index contributed by atoms with van der Waals surface area (Å²) in [5, 5.41) is 7.26. The SMILES string of the molecule is c1ccc(-c2nc(-c3ccccc3)nc(-c3ccccc3-n3c4ccccc4c4c(-c5cc6ccccc6c6c5c5ccccc5n6-c5ccccc5)cccc43)n2)cc1. The fraction of sp³-hybridized carbons (Fsp3) is 0. The predicted octanol–water partition coefficient (Wildman–Crippen LogP) is 13.9. The van der Waals surface area contributed by atoms with Crippen LogP contribution in [0.15, 0.2) is 212 Å². The van der Waals surface area contributed by atoms with Crippen molar-refractivity contribution in [2.24, 2.45) is 0 Å². The minimum absolute atomic E-state index is 0.616. The maximum atomic E-state index is 5.18. The van der Waals surface area contributed by atoms with Gasteiger partial charge in [0.05, 0.1) is 27.8 Å². The van der Waals surface area contributed by atoms with E-state index in [0.29, 0.717) is 17.5 Å². The molecule has 280 valence electrons. The van der Waals surface area contributed by atoms with E-state index in [1.165, 1.54) is 54.5 Å². The Morgan fingerprint density at radius 3 is 1.52 bits per heavy atom. The third-order valence-corrected chi connectivity index (χ3v) is 11.7. The molecule has 0 radical (unpaired) electrons. The van der Waals surface area contributed by atoms with Gasteiger partial charge >= 0.3 is 0 Å². The molecule has 0 N–H and O–H groups in total. The first-order chi connectivity index (χ1) is 29.8. The molecule has 60 heavy (non-hydrogen) atoms. The number of benzene rings is 9. The molecule has 3 heterocycles. The molecule has 0 fully saturated rings. The molecule has 0 atom stereocenters. The Hall–Kier alpha value is -8.15. The lowest BCUT2D eigenvalue weighted by Gasteiger charge is -2.15. The van der Waals surface area contributed by atoms with Gasteiger partial charge in [-0.05, 0) is 65.0 Å². The zero-order valence-electron chi connectivity index (χ0n) is 32.4. The Kier molecular flexibility index (Phi) is 7.78. The third kappa shape index (κ3) is 5.30. The second-order valence-corrected chi connectivity index (χ2v) is 15.2. The Morgan fingerprint density at radius 2 is 0.817 bits per heavy atom. The van der Waals surface area contributed by atoms with E-state index in [9.17, 15) is 0 Å². The van der Waals surface area contributed by atoms with Gasteiger partial charge in [0, 0.05) is 49.3 Å². The number of para-hydroxylation sites is 4. The van der Waals surface area contributed by atoms with E-state index in [-0.39, 0.29) is 0 Å².